The molecule has 1 rings (SSSR count). The van der Waals surface area contributed by atoms with Gasteiger partial charge in [-0.1, -0.05) is 0 Å². The summed E-state index contributed by atoms with van der Waals surface area (Å²) in [6.07, 6.45) is -5.38. The van der Waals surface area contributed by atoms with Crippen molar-refractivity contribution in [1.29, 1.82) is 0 Å². The van der Waals surface area contributed by atoms with Gasteiger partial charge >= 0.3 is 24.3 Å². The molecule has 0 saturated heterocycles. The molecule has 0 heterocycles. The monoisotopic (exact) mass is 376 g/mol. The minimum Gasteiger partial charge on any atom is -0.459 e. The molecule has 4 nitrogen and oxygen atoms in total. The average molecular weight is 376 g/mol. The first-order valence-corrected chi connectivity index (χ1v) is 6.70. The zero-order chi connectivity index (χ0) is 19.2. The maximum absolute atomic E-state index is 13.3. The van der Waals surface area contributed by atoms with E-state index in [0.29, 0.717) is 12.1 Å². The van der Waals surface area contributed by atoms with Crippen LogP contribution in [0, 0.1) is 17.5 Å². The lowest BCUT2D eigenvalue weighted by molar-refractivity contribution is -0.179. The lowest BCUT2D eigenvalue weighted by Gasteiger charge is -2.14. The van der Waals surface area contributed by atoms with Crippen LogP contribution in [-0.4, -0.2) is 30.9 Å². The normalized spacial score (nSPS) is 11.5. The minimum absolute atomic E-state index is 0.288. The lowest BCUT2D eigenvalue weighted by atomic mass is 10.2. The van der Waals surface area contributed by atoms with Gasteiger partial charge in [0, 0.05) is 12.8 Å². The molecule has 1 aromatic rings. The highest BCUT2D eigenvalue weighted by molar-refractivity contribution is 5.74. The number of hydrogen-bond donors (Lipinski definition) is 0. The SMILES string of the molecule is O=C(CCCC(=O)Oc1ccc(F)c(F)c1F)OCC(F)(F)C(F)F. The number of benzene rings is 1. The van der Waals surface area contributed by atoms with Gasteiger partial charge in [-0.05, 0) is 18.6 Å². The fourth-order valence-corrected chi connectivity index (χ4v) is 1.45. The highest BCUT2D eigenvalue weighted by Crippen LogP contribution is 2.24. The van der Waals surface area contributed by atoms with E-state index in [1.807, 2.05) is 0 Å². The number of carbonyl (C=O) groups excluding carboxylic acids is 2. The minimum atomic E-state index is -4.49. The Balaban J connectivity index is 2.38. The van der Waals surface area contributed by atoms with Gasteiger partial charge in [0.2, 0.25) is 5.82 Å². The van der Waals surface area contributed by atoms with Crippen molar-refractivity contribution in [2.24, 2.45) is 0 Å². The second kappa shape index (κ2) is 8.67. The Morgan fingerprint density at radius 2 is 1.60 bits per heavy atom. The summed E-state index contributed by atoms with van der Waals surface area (Å²) in [6.45, 7) is -1.81. The van der Waals surface area contributed by atoms with Crippen LogP contribution >= 0.6 is 0 Å². The zero-order valence-electron chi connectivity index (χ0n) is 12.3. The van der Waals surface area contributed by atoms with Gasteiger partial charge in [-0.15, -0.1) is 0 Å². The van der Waals surface area contributed by atoms with E-state index in [-0.39, 0.29) is 6.42 Å². The molecule has 0 bridgehead atoms. The van der Waals surface area contributed by atoms with Gasteiger partial charge in [0.1, 0.15) is 0 Å². The molecule has 0 N–H and O–H groups in total. The predicted octanol–water partition coefficient (Wildman–Crippen LogP) is 3.62. The van der Waals surface area contributed by atoms with Crippen molar-refractivity contribution >= 4 is 11.9 Å². The number of hydrogen-bond acceptors (Lipinski definition) is 4. The summed E-state index contributed by atoms with van der Waals surface area (Å²) in [5.41, 5.74) is 0. The molecule has 25 heavy (non-hydrogen) atoms. The third kappa shape index (κ3) is 6.24. The van der Waals surface area contributed by atoms with Gasteiger partial charge in [-0.2, -0.15) is 13.2 Å². The Labute approximate surface area is 136 Å². The molecule has 0 unspecified atom stereocenters. The summed E-state index contributed by atoms with van der Waals surface area (Å²) >= 11 is 0. The van der Waals surface area contributed by atoms with Crippen LogP contribution in [0.3, 0.4) is 0 Å². The second-order valence-electron chi connectivity index (χ2n) is 4.72. The number of esters is 2. The smallest absolute Gasteiger partial charge is 0.340 e. The molecule has 0 saturated carbocycles. The molecule has 1 aromatic carbocycles. The van der Waals surface area contributed by atoms with Crippen LogP contribution in [0.4, 0.5) is 30.7 Å². The van der Waals surface area contributed by atoms with Crippen LogP contribution in [0.2, 0.25) is 0 Å². The first-order chi connectivity index (χ1) is 11.5. The summed E-state index contributed by atoms with van der Waals surface area (Å²) in [5, 5.41) is 0. The Kier molecular flexibility index (Phi) is 7.19. The third-order valence-electron chi connectivity index (χ3n) is 2.73. The third-order valence-corrected chi connectivity index (χ3v) is 2.73. The molecule has 0 amide bonds. The van der Waals surface area contributed by atoms with Gasteiger partial charge < -0.3 is 9.47 Å². The van der Waals surface area contributed by atoms with Crippen molar-refractivity contribution in [2.45, 2.75) is 31.6 Å². The molecule has 0 aliphatic heterocycles. The summed E-state index contributed by atoms with van der Waals surface area (Å²) in [7, 11) is 0. The molecule has 0 aliphatic carbocycles. The van der Waals surface area contributed by atoms with Crippen molar-refractivity contribution in [3.05, 3.63) is 29.6 Å². The second-order valence-corrected chi connectivity index (χ2v) is 4.72. The standard InChI is InChI=1S/C14H11F7O4/c15-7-4-5-8(12(17)11(7)16)25-10(23)3-1-2-9(22)24-6-14(20,21)13(18)19/h4-5,13H,1-3,6H2. The van der Waals surface area contributed by atoms with Crippen molar-refractivity contribution in [1.82, 2.24) is 0 Å². The summed E-state index contributed by atoms with van der Waals surface area (Å²) in [5.74, 6) is -12.8. The molecule has 0 aliphatic rings. The van der Waals surface area contributed by atoms with E-state index in [0.717, 1.165) is 0 Å². The molecule has 0 radical (unpaired) electrons. The first kappa shape index (κ1) is 20.7. The predicted molar refractivity (Wildman–Crippen MR) is 67.7 cm³/mol. The van der Waals surface area contributed by atoms with Crippen LogP contribution in [-0.2, 0) is 14.3 Å². The summed E-state index contributed by atoms with van der Waals surface area (Å²) < 4.78 is 95.9. The lowest BCUT2D eigenvalue weighted by Crippen LogP contribution is -2.33. The number of alkyl halides is 4. The Morgan fingerprint density at radius 1 is 1.00 bits per heavy atom. The van der Waals surface area contributed by atoms with E-state index in [4.69, 9.17) is 0 Å². The molecular formula is C14H11F7O4. The van der Waals surface area contributed by atoms with Crippen molar-refractivity contribution in [3.63, 3.8) is 0 Å². The highest BCUT2D eigenvalue weighted by Gasteiger charge is 2.42. The van der Waals surface area contributed by atoms with E-state index >= 15 is 0 Å². The maximum Gasteiger partial charge on any atom is 0.340 e. The summed E-state index contributed by atoms with van der Waals surface area (Å²) in [4.78, 5) is 22.5. The van der Waals surface area contributed by atoms with Crippen molar-refractivity contribution in [3.8, 4) is 5.75 Å². The zero-order valence-corrected chi connectivity index (χ0v) is 12.3. The Hall–Kier alpha value is -2.33. The van der Waals surface area contributed by atoms with Crippen LogP contribution in [0.5, 0.6) is 5.75 Å². The van der Waals surface area contributed by atoms with Gasteiger partial charge in [-0.25, -0.2) is 17.6 Å². The van der Waals surface area contributed by atoms with Gasteiger partial charge in [0.15, 0.2) is 24.0 Å². The largest absolute Gasteiger partial charge is 0.459 e. The van der Waals surface area contributed by atoms with Crippen molar-refractivity contribution in [2.75, 3.05) is 6.61 Å². The quantitative estimate of drug-likeness (QED) is 0.301. The Bertz CT molecular complexity index is 634. The first-order valence-electron chi connectivity index (χ1n) is 6.70. The van der Waals surface area contributed by atoms with Gasteiger partial charge in [-0.3, -0.25) is 9.59 Å². The molecule has 11 heteroatoms. The molecular weight excluding hydrogens is 365 g/mol. The van der Waals surface area contributed by atoms with Crippen molar-refractivity contribution < 1.29 is 49.8 Å². The van der Waals surface area contributed by atoms with Gasteiger partial charge in [0.05, 0.1) is 0 Å². The average Bonchev–Trinajstić information content (AvgIpc) is 2.53. The fourth-order valence-electron chi connectivity index (χ4n) is 1.45. The molecule has 0 atom stereocenters. The molecule has 0 spiro atoms. The van der Waals surface area contributed by atoms with E-state index in [1.54, 1.807) is 0 Å². The van der Waals surface area contributed by atoms with E-state index in [1.165, 1.54) is 0 Å². The molecule has 140 valence electrons. The van der Waals surface area contributed by atoms with Crippen LogP contribution in [0.15, 0.2) is 12.1 Å². The molecule has 0 fully saturated rings. The molecule has 0 aromatic heterocycles. The van der Waals surface area contributed by atoms with Crippen LogP contribution in [0.1, 0.15) is 19.3 Å². The maximum atomic E-state index is 13.3. The Morgan fingerprint density at radius 3 is 2.20 bits per heavy atom. The van der Waals surface area contributed by atoms with E-state index in [2.05, 4.69) is 9.47 Å². The van der Waals surface area contributed by atoms with E-state index in [9.17, 15) is 40.3 Å². The van der Waals surface area contributed by atoms with E-state index < -0.39 is 66.9 Å². The van der Waals surface area contributed by atoms with Crippen LogP contribution in [0.25, 0.3) is 0 Å². The highest BCUT2D eigenvalue weighted by atomic mass is 19.3. The number of carbonyl (C=O) groups is 2. The number of halogens is 7. The van der Waals surface area contributed by atoms with Crippen LogP contribution < -0.4 is 4.74 Å². The fraction of sp³-hybridized carbons (Fsp3) is 0.429. The number of rotatable bonds is 8. The van der Waals surface area contributed by atoms with Gasteiger partial charge in [0.25, 0.3) is 0 Å². The topological polar surface area (TPSA) is 52.6 Å². The number of ether oxygens (including phenoxy) is 2. The summed E-state index contributed by atoms with van der Waals surface area (Å²) in [6, 6.07) is 1.20.